The minimum Gasteiger partial charge on any atom is -0.398 e. The molecule has 1 aromatic heterocycles. The van der Waals surface area contributed by atoms with E-state index < -0.39 is 0 Å². The topological polar surface area (TPSA) is 104 Å². The first kappa shape index (κ1) is 26.2. The first-order chi connectivity index (χ1) is 18.9. The van der Waals surface area contributed by atoms with Crippen molar-refractivity contribution in [1.82, 2.24) is 14.5 Å². The molecule has 9 heteroatoms. The Labute approximate surface area is 229 Å². The highest BCUT2D eigenvalue weighted by Crippen LogP contribution is 2.30. The summed E-state index contributed by atoms with van der Waals surface area (Å²) in [5.41, 5.74) is 10.6. The minimum atomic E-state index is 0.0920. The number of nitrogens with zero attached hydrogens (tertiary/aromatic N) is 5. The van der Waals surface area contributed by atoms with Crippen molar-refractivity contribution in [2.45, 2.75) is 19.4 Å². The molecule has 2 fully saturated rings. The van der Waals surface area contributed by atoms with Gasteiger partial charge >= 0.3 is 0 Å². The fourth-order valence-corrected chi connectivity index (χ4v) is 4.51. The summed E-state index contributed by atoms with van der Waals surface area (Å²) in [5, 5.41) is 6.15. The number of aromatic nitrogens is 2. The average molecular weight is 525 g/mol. The second-order valence-corrected chi connectivity index (χ2v) is 10.1. The Bertz CT molecular complexity index is 1340. The summed E-state index contributed by atoms with van der Waals surface area (Å²) in [7, 11) is 2.04. The van der Waals surface area contributed by atoms with Crippen molar-refractivity contribution in [3.63, 3.8) is 0 Å². The van der Waals surface area contributed by atoms with Crippen LogP contribution in [-0.4, -0.2) is 52.8 Å². The van der Waals surface area contributed by atoms with E-state index in [1.165, 1.54) is 5.69 Å². The molecule has 2 aliphatic rings. The van der Waals surface area contributed by atoms with Crippen LogP contribution in [0.25, 0.3) is 5.70 Å². The molecule has 1 aliphatic carbocycles. The largest absolute Gasteiger partial charge is 0.398 e. The van der Waals surface area contributed by atoms with Crippen LogP contribution in [0.5, 0.6) is 0 Å². The van der Waals surface area contributed by atoms with Gasteiger partial charge in [-0.1, -0.05) is 18.7 Å². The number of carbonyl (C=O) groups is 1. The molecule has 39 heavy (non-hydrogen) atoms. The Hall–Kier alpha value is -4.37. The number of amides is 1. The van der Waals surface area contributed by atoms with Crippen LogP contribution in [0.3, 0.4) is 0 Å². The number of nitrogens with two attached hydrogens (primary N) is 1. The zero-order valence-corrected chi connectivity index (χ0v) is 22.4. The number of allylic oxidation sites excluding steroid dienone is 1. The molecule has 0 unspecified atom stereocenters. The third-order valence-corrected chi connectivity index (χ3v) is 7.10. The van der Waals surface area contributed by atoms with E-state index in [4.69, 9.17) is 5.73 Å². The second-order valence-electron chi connectivity index (χ2n) is 10.1. The molecular weight excluding hydrogens is 488 g/mol. The van der Waals surface area contributed by atoms with E-state index in [9.17, 15) is 4.79 Å². The lowest BCUT2D eigenvalue weighted by Gasteiger charge is -2.36. The summed E-state index contributed by atoms with van der Waals surface area (Å²) in [6.45, 7) is 8.87. The maximum Gasteiger partial charge on any atom is 0.227 e. The Morgan fingerprint density at radius 3 is 2.36 bits per heavy atom. The minimum absolute atomic E-state index is 0.0920. The number of aliphatic imine (C=N–C) groups is 1. The zero-order valence-electron chi connectivity index (χ0n) is 22.4. The van der Waals surface area contributed by atoms with Gasteiger partial charge in [-0.15, -0.1) is 0 Å². The Morgan fingerprint density at radius 1 is 1.05 bits per heavy atom. The quantitative estimate of drug-likeness (QED) is 0.346. The Kier molecular flexibility index (Phi) is 8.07. The predicted molar refractivity (Wildman–Crippen MR) is 158 cm³/mol. The standard InChI is InChI=1S/C30H36N8O/c1-22(32-14-13-28(31)23-5-7-26(8-6-23)35-30(39)24-3-4-24)34-25-9-11-27(12-10-25)38-19-17-37(18-20-38)21-29-33-15-16-36(29)2/h5-16,24,34H,1,3-4,17-21,31H2,2H3,(H,35,39)/b28-13-,32-14-. The predicted octanol–water partition coefficient (Wildman–Crippen LogP) is 4.04. The van der Waals surface area contributed by atoms with E-state index in [-0.39, 0.29) is 11.8 Å². The number of carbonyl (C=O) groups excluding carboxylic acids is 1. The van der Waals surface area contributed by atoms with Gasteiger partial charge in [0, 0.05) is 80.5 Å². The molecule has 9 nitrogen and oxygen atoms in total. The molecule has 3 aromatic rings. The van der Waals surface area contributed by atoms with E-state index in [2.05, 4.69) is 53.7 Å². The first-order valence-corrected chi connectivity index (χ1v) is 13.4. The van der Waals surface area contributed by atoms with E-state index in [0.717, 1.165) is 68.3 Å². The van der Waals surface area contributed by atoms with E-state index >= 15 is 0 Å². The number of benzene rings is 2. The van der Waals surface area contributed by atoms with Crippen LogP contribution in [0.15, 0.2) is 84.4 Å². The number of piperazine rings is 1. The molecule has 0 spiro atoms. The Morgan fingerprint density at radius 2 is 1.72 bits per heavy atom. The summed E-state index contributed by atoms with van der Waals surface area (Å²) in [5.74, 6) is 1.89. The van der Waals surface area contributed by atoms with Crippen LogP contribution in [0, 0.1) is 5.92 Å². The smallest absolute Gasteiger partial charge is 0.227 e. The van der Waals surface area contributed by atoms with E-state index in [0.29, 0.717) is 11.5 Å². The van der Waals surface area contributed by atoms with Gasteiger partial charge in [0.15, 0.2) is 0 Å². The van der Waals surface area contributed by atoms with Gasteiger partial charge in [0.25, 0.3) is 0 Å². The molecule has 1 saturated carbocycles. The number of hydrogen-bond acceptors (Lipinski definition) is 7. The molecule has 0 bridgehead atoms. The molecule has 202 valence electrons. The summed E-state index contributed by atoms with van der Waals surface area (Å²) in [6.07, 6.45) is 9.18. The molecule has 2 heterocycles. The van der Waals surface area contributed by atoms with Gasteiger partial charge < -0.3 is 25.8 Å². The molecule has 1 amide bonds. The van der Waals surface area contributed by atoms with Gasteiger partial charge in [-0.25, -0.2) is 9.98 Å². The van der Waals surface area contributed by atoms with Crippen molar-refractivity contribution < 1.29 is 4.79 Å². The second kappa shape index (κ2) is 12.0. The molecule has 0 atom stereocenters. The number of anilines is 3. The SMILES string of the molecule is C=C(/N=C\C=C(/N)c1ccc(NC(=O)C2CC2)cc1)Nc1ccc(N2CCN(Cc3nccn3C)CC2)cc1. The zero-order chi connectivity index (χ0) is 27.2. The molecule has 0 radical (unpaired) electrons. The number of imidazole rings is 1. The van der Waals surface area contributed by atoms with Crippen LogP contribution < -0.4 is 21.3 Å². The maximum absolute atomic E-state index is 11.9. The van der Waals surface area contributed by atoms with Crippen molar-refractivity contribution in [3.05, 3.63) is 90.8 Å². The summed E-state index contributed by atoms with van der Waals surface area (Å²) < 4.78 is 2.08. The van der Waals surface area contributed by atoms with Crippen LogP contribution in [0.4, 0.5) is 17.1 Å². The molecule has 4 N–H and O–H groups in total. The lowest BCUT2D eigenvalue weighted by molar-refractivity contribution is -0.117. The number of nitrogens with one attached hydrogen (secondary N) is 2. The van der Waals surface area contributed by atoms with Gasteiger partial charge in [-0.05, 0) is 60.9 Å². The number of rotatable bonds is 10. The molecule has 1 aliphatic heterocycles. The number of aryl methyl sites for hydroxylation is 1. The Balaban J connectivity index is 1.07. The van der Waals surface area contributed by atoms with Gasteiger partial charge in [0.1, 0.15) is 11.6 Å². The maximum atomic E-state index is 11.9. The van der Waals surface area contributed by atoms with Crippen LogP contribution >= 0.6 is 0 Å². The van der Waals surface area contributed by atoms with Crippen molar-refractivity contribution in [2.75, 3.05) is 41.7 Å². The fraction of sp³-hybridized carbons (Fsp3) is 0.300. The highest BCUT2D eigenvalue weighted by Gasteiger charge is 2.29. The number of hydrogen-bond donors (Lipinski definition) is 3. The highest BCUT2D eigenvalue weighted by atomic mass is 16.2. The van der Waals surface area contributed by atoms with Gasteiger partial charge in [-0.3, -0.25) is 9.69 Å². The van der Waals surface area contributed by atoms with Gasteiger partial charge in [-0.2, -0.15) is 0 Å². The molecular formula is C30H36N8O. The first-order valence-electron chi connectivity index (χ1n) is 13.4. The van der Waals surface area contributed by atoms with Crippen LogP contribution in [-0.2, 0) is 18.4 Å². The van der Waals surface area contributed by atoms with Crippen molar-refractivity contribution in [1.29, 1.82) is 0 Å². The van der Waals surface area contributed by atoms with Gasteiger partial charge in [0.05, 0.1) is 6.54 Å². The van der Waals surface area contributed by atoms with Crippen molar-refractivity contribution in [3.8, 4) is 0 Å². The lowest BCUT2D eigenvalue weighted by atomic mass is 10.1. The van der Waals surface area contributed by atoms with Crippen molar-refractivity contribution in [2.24, 2.45) is 23.7 Å². The average Bonchev–Trinajstić information content (AvgIpc) is 3.73. The lowest BCUT2D eigenvalue weighted by Crippen LogP contribution is -2.46. The van der Waals surface area contributed by atoms with Crippen LogP contribution in [0.2, 0.25) is 0 Å². The highest BCUT2D eigenvalue weighted by molar-refractivity contribution is 5.94. The van der Waals surface area contributed by atoms with E-state index in [1.807, 2.05) is 55.8 Å². The molecule has 1 saturated heterocycles. The summed E-state index contributed by atoms with van der Waals surface area (Å²) in [4.78, 5) is 25.6. The monoisotopic (exact) mass is 524 g/mol. The third-order valence-electron chi connectivity index (χ3n) is 7.10. The summed E-state index contributed by atoms with van der Waals surface area (Å²) >= 11 is 0. The van der Waals surface area contributed by atoms with Gasteiger partial charge in [0.2, 0.25) is 5.91 Å². The molecule has 5 rings (SSSR count). The summed E-state index contributed by atoms with van der Waals surface area (Å²) in [6, 6.07) is 15.8. The van der Waals surface area contributed by atoms with Crippen molar-refractivity contribution >= 4 is 34.9 Å². The third kappa shape index (κ3) is 7.14. The van der Waals surface area contributed by atoms with Crippen LogP contribution in [0.1, 0.15) is 24.2 Å². The normalized spacial score (nSPS) is 16.4. The van der Waals surface area contributed by atoms with E-state index in [1.54, 1.807) is 12.3 Å². The fourth-order valence-electron chi connectivity index (χ4n) is 4.51. The molecule has 2 aromatic carbocycles.